The first-order chi connectivity index (χ1) is 8.63. The summed E-state index contributed by atoms with van der Waals surface area (Å²) in [5.41, 5.74) is 0.815. The van der Waals surface area contributed by atoms with Crippen molar-refractivity contribution in [2.24, 2.45) is 10.2 Å². The fourth-order valence-electron chi connectivity index (χ4n) is 1.30. The molecule has 18 heavy (non-hydrogen) atoms. The lowest BCUT2D eigenvalue weighted by Gasteiger charge is -2.12. The minimum atomic E-state index is -0.591. The topological polar surface area (TPSA) is 82.9 Å². The molecule has 2 N–H and O–H groups in total. The van der Waals surface area contributed by atoms with E-state index >= 15 is 0 Å². The van der Waals surface area contributed by atoms with E-state index in [4.69, 9.17) is 11.6 Å². The lowest BCUT2D eigenvalue weighted by atomic mass is 10.2. The van der Waals surface area contributed by atoms with Crippen LogP contribution in [0.25, 0.3) is 0 Å². The Morgan fingerprint density at radius 1 is 1.17 bits per heavy atom. The monoisotopic (exact) mass is 264 g/mol. The van der Waals surface area contributed by atoms with Gasteiger partial charge in [-0.3, -0.25) is 15.4 Å². The summed E-state index contributed by atoms with van der Waals surface area (Å²) in [5, 5.41) is 12.7. The molecule has 0 aliphatic carbocycles. The van der Waals surface area contributed by atoms with Gasteiger partial charge in [-0.05, 0) is 17.7 Å². The fourth-order valence-corrected chi connectivity index (χ4v) is 1.43. The summed E-state index contributed by atoms with van der Waals surface area (Å²) in [7, 11) is 0. The van der Waals surface area contributed by atoms with Crippen LogP contribution in [0.3, 0.4) is 0 Å². The van der Waals surface area contributed by atoms with E-state index in [0.717, 1.165) is 5.56 Å². The maximum Gasteiger partial charge on any atom is 0.326 e. The second-order valence-corrected chi connectivity index (χ2v) is 3.96. The number of nitrogens with one attached hydrogen (secondary N) is 2. The Hall–Kier alpha value is -2.21. The average molecular weight is 265 g/mol. The summed E-state index contributed by atoms with van der Waals surface area (Å²) in [6.45, 7) is 0. The van der Waals surface area contributed by atoms with Crippen LogP contribution < -0.4 is 10.6 Å². The molecule has 0 bridgehead atoms. The number of urea groups is 1. The minimum Gasteiger partial charge on any atom is -0.294 e. The van der Waals surface area contributed by atoms with Crippen LogP contribution in [0.2, 0.25) is 5.02 Å². The van der Waals surface area contributed by atoms with Crippen LogP contribution >= 0.6 is 11.6 Å². The molecule has 7 heteroatoms. The predicted molar refractivity (Wildman–Crippen MR) is 67.8 cm³/mol. The predicted octanol–water partition coefficient (Wildman–Crippen LogP) is 1.30. The standard InChI is InChI=1S/C11H9ClN4O2/c12-8-3-1-7(2-4-8)6-13-16-9-5-10(17)15-11(18)14-9/h1-4,6H,5H2,(H2,14,15,16,17,18)/b13-6-. The first kappa shape index (κ1) is 12.3. The number of imide groups is 1. The molecule has 0 unspecified atom stereocenters. The van der Waals surface area contributed by atoms with Gasteiger partial charge < -0.3 is 0 Å². The number of amidine groups is 1. The maximum absolute atomic E-state index is 11.0. The van der Waals surface area contributed by atoms with Crippen molar-refractivity contribution in [3.8, 4) is 0 Å². The molecule has 1 aromatic rings. The Balaban J connectivity index is 2.03. The van der Waals surface area contributed by atoms with E-state index in [1.165, 1.54) is 6.21 Å². The Kier molecular flexibility index (Phi) is 3.69. The number of amides is 3. The molecular weight excluding hydrogens is 256 g/mol. The van der Waals surface area contributed by atoms with Crippen LogP contribution in [0.5, 0.6) is 0 Å². The highest BCUT2D eigenvalue weighted by atomic mass is 35.5. The van der Waals surface area contributed by atoms with Gasteiger partial charge in [-0.15, -0.1) is 5.10 Å². The van der Waals surface area contributed by atoms with Crippen molar-refractivity contribution >= 4 is 35.6 Å². The molecule has 1 heterocycles. The van der Waals surface area contributed by atoms with E-state index in [9.17, 15) is 9.59 Å². The highest BCUT2D eigenvalue weighted by Gasteiger charge is 2.19. The summed E-state index contributed by atoms with van der Waals surface area (Å²) >= 11 is 5.74. The van der Waals surface area contributed by atoms with Crippen molar-refractivity contribution in [3.63, 3.8) is 0 Å². The molecule has 1 aliphatic heterocycles. The molecule has 0 spiro atoms. The lowest BCUT2D eigenvalue weighted by Crippen LogP contribution is -2.49. The third-order valence-corrected chi connectivity index (χ3v) is 2.35. The number of benzene rings is 1. The van der Waals surface area contributed by atoms with E-state index in [1.807, 2.05) is 0 Å². The van der Waals surface area contributed by atoms with Gasteiger partial charge in [0.05, 0.1) is 12.6 Å². The molecule has 6 nitrogen and oxygen atoms in total. The van der Waals surface area contributed by atoms with Crippen molar-refractivity contribution in [1.29, 1.82) is 0 Å². The van der Waals surface area contributed by atoms with Crippen molar-refractivity contribution in [2.75, 3.05) is 0 Å². The number of rotatable bonds is 2. The summed E-state index contributed by atoms with van der Waals surface area (Å²) in [6.07, 6.45) is 1.51. The summed E-state index contributed by atoms with van der Waals surface area (Å²) < 4.78 is 0. The van der Waals surface area contributed by atoms with Crippen molar-refractivity contribution < 1.29 is 9.59 Å². The third kappa shape index (κ3) is 3.39. The van der Waals surface area contributed by atoms with Crippen LogP contribution in [0.1, 0.15) is 12.0 Å². The average Bonchev–Trinajstić information content (AvgIpc) is 2.30. The zero-order valence-electron chi connectivity index (χ0n) is 9.18. The highest BCUT2D eigenvalue weighted by molar-refractivity contribution is 6.30. The number of nitrogens with zero attached hydrogens (tertiary/aromatic N) is 2. The first-order valence-corrected chi connectivity index (χ1v) is 5.47. The number of hydrogen-bond donors (Lipinski definition) is 2. The summed E-state index contributed by atoms with van der Waals surface area (Å²) in [5.74, 6) is -0.187. The lowest BCUT2D eigenvalue weighted by molar-refractivity contribution is -0.119. The van der Waals surface area contributed by atoms with E-state index in [2.05, 4.69) is 20.8 Å². The van der Waals surface area contributed by atoms with Crippen molar-refractivity contribution in [2.45, 2.75) is 6.42 Å². The Bertz CT molecular complexity index is 518. The molecule has 0 aromatic heterocycles. The number of carbonyl (C=O) groups excluding carboxylic acids is 2. The Morgan fingerprint density at radius 2 is 1.89 bits per heavy atom. The molecule has 0 atom stereocenters. The molecule has 1 aromatic carbocycles. The van der Waals surface area contributed by atoms with Crippen LogP contribution in [0.4, 0.5) is 4.79 Å². The number of carbonyl (C=O) groups is 2. The molecule has 2 rings (SSSR count). The van der Waals surface area contributed by atoms with Gasteiger partial charge in [0.25, 0.3) is 0 Å². The normalized spacial score (nSPS) is 17.9. The SMILES string of the molecule is O=C1CC(=N/N=C\c2ccc(Cl)cc2)NC(=O)N1. The van der Waals surface area contributed by atoms with Gasteiger partial charge in [0.15, 0.2) is 0 Å². The molecule has 1 aliphatic rings. The van der Waals surface area contributed by atoms with Gasteiger partial charge in [-0.2, -0.15) is 5.10 Å². The largest absolute Gasteiger partial charge is 0.326 e. The van der Waals surface area contributed by atoms with Gasteiger partial charge in [-0.25, -0.2) is 4.79 Å². The Labute approximate surface area is 108 Å². The van der Waals surface area contributed by atoms with E-state index in [-0.39, 0.29) is 12.3 Å². The third-order valence-electron chi connectivity index (χ3n) is 2.09. The Morgan fingerprint density at radius 3 is 2.56 bits per heavy atom. The maximum atomic E-state index is 11.0. The summed E-state index contributed by atoms with van der Waals surface area (Å²) in [6, 6.07) is 6.42. The molecular formula is C11H9ClN4O2. The van der Waals surface area contributed by atoms with Gasteiger partial charge >= 0.3 is 6.03 Å². The van der Waals surface area contributed by atoms with Crippen LogP contribution in [-0.4, -0.2) is 24.0 Å². The van der Waals surface area contributed by atoms with Crippen molar-refractivity contribution in [1.82, 2.24) is 10.6 Å². The quantitative estimate of drug-likeness (QED) is 0.623. The van der Waals surface area contributed by atoms with Gasteiger partial charge in [-0.1, -0.05) is 23.7 Å². The second-order valence-electron chi connectivity index (χ2n) is 3.52. The first-order valence-electron chi connectivity index (χ1n) is 5.10. The molecule has 0 radical (unpaired) electrons. The second kappa shape index (κ2) is 5.42. The smallest absolute Gasteiger partial charge is 0.294 e. The van der Waals surface area contributed by atoms with Crippen LogP contribution in [0.15, 0.2) is 34.5 Å². The van der Waals surface area contributed by atoms with E-state index < -0.39 is 11.9 Å². The highest BCUT2D eigenvalue weighted by Crippen LogP contribution is 2.07. The van der Waals surface area contributed by atoms with Gasteiger partial charge in [0.1, 0.15) is 5.84 Å². The molecule has 1 fully saturated rings. The van der Waals surface area contributed by atoms with Gasteiger partial charge in [0, 0.05) is 5.02 Å². The minimum absolute atomic E-state index is 0.00367. The van der Waals surface area contributed by atoms with Crippen LogP contribution in [0, 0.1) is 0 Å². The van der Waals surface area contributed by atoms with Crippen LogP contribution in [-0.2, 0) is 4.79 Å². The summed E-state index contributed by atoms with van der Waals surface area (Å²) in [4.78, 5) is 22.0. The van der Waals surface area contributed by atoms with E-state index in [0.29, 0.717) is 5.02 Å². The zero-order chi connectivity index (χ0) is 13.0. The number of hydrogen-bond acceptors (Lipinski definition) is 4. The van der Waals surface area contributed by atoms with E-state index in [1.54, 1.807) is 24.3 Å². The molecule has 3 amide bonds. The zero-order valence-corrected chi connectivity index (χ0v) is 9.94. The molecule has 92 valence electrons. The fraction of sp³-hybridized carbons (Fsp3) is 0.0909. The van der Waals surface area contributed by atoms with Crippen molar-refractivity contribution in [3.05, 3.63) is 34.9 Å². The number of halogens is 1. The van der Waals surface area contributed by atoms with Gasteiger partial charge in [0.2, 0.25) is 5.91 Å². The molecule has 0 saturated carbocycles. The molecule has 1 saturated heterocycles.